The maximum absolute atomic E-state index is 4.83. The zero-order chi connectivity index (χ0) is 14.7. The third-order valence-corrected chi connectivity index (χ3v) is 3.82. The van der Waals surface area contributed by atoms with E-state index in [-0.39, 0.29) is 0 Å². The molecule has 0 radical (unpaired) electrons. The van der Waals surface area contributed by atoms with Crippen molar-refractivity contribution in [2.24, 2.45) is 0 Å². The molecular weight excluding hydrogens is 256 g/mol. The van der Waals surface area contributed by atoms with Crippen LogP contribution in [0.5, 0.6) is 0 Å². The Labute approximate surface area is 126 Å². The highest BCUT2D eigenvalue weighted by Gasteiger charge is 2.19. The SMILES string of the molecule is CCOCC.c1ccc2c(c1)-c1cccc3cccc-2c13. The van der Waals surface area contributed by atoms with E-state index in [4.69, 9.17) is 4.74 Å². The van der Waals surface area contributed by atoms with Gasteiger partial charge in [-0.3, -0.25) is 0 Å². The smallest absolute Gasteiger partial charge is 0.0437 e. The second-order valence-electron chi connectivity index (χ2n) is 5.04. The van der Waals surface area contributed by atoms with Crippen LogP contribution in [0, 0.1) is 0 Å². The van der Waals surface area contributed by atoms with Gasteiger partial charge in [0.05, 0.1) is 0 Å². The van der Waals surface area contributed by atoms with Crippen LogP contribution < -0.4 is 0 Å². The highest BCUT2D eigenvalue weighted by Crippen LogP contribution is 2.46. The lowest BCUT2D eigenvalue weighted by Gasteiger charge is -2.00. The molecule has 0 saturated heterocycles. The zero-order valence-corrected chi connectivity index (χ0v) is 12.6. The first kappa shape index (κ1) is 13.8. The minimum Gasteiger partial charge on any atom is -0.382 e. The molecule has 0 unspecified atom stereocenters. The van der Waals surface area contributed by atoms with Crippen molar-refractivity contribution in [3.8, 4) is 22.3 Å². The third kappa shape index (κ3) is 2.45. The fourth-order valence-corrected chi connectivity index (χ4v) is 2.95. The standard InChI is InChI=1S/C16H10.C4H10O/c1-2-8-13-12(7-1)14-9-3-5-11-6-4-10-15(13)16(11)14;1-3-5-4-2/h1-10H;3-4H2,1-2H3. The molecule has 3 aromatic rings. The number of fused-ring (bicyclic) bond motifs is 3. The first-order valence-corrected chi connectivity index (χ1v) is 7.56. The van der Waals surface area contributed by atoms with Crippen LogP contribution in [0.4, 0.5) is 0 Å². The maximum Gasteiger partial charge on any atom is 0.0437 e. The van der Waals surface area contributed by atoms with Gasteiger partial charge in [0.25, 0.3) is 0 Å². The van der Waals surface area contributed by atoms with Gasteiger partial charge in [0.2, 0.25) is 0 Å². The van der Waals surface area contributed by atoms with Gasteiger partial charge in [0, 0.05) is 13.2 Å². The first-order chi connectivity index (χ1) is 10.4. The Morgan fingerprint density at radius 3 is 1.52 bits per heavy atom. The maximum atomic E-state index is 4.83. The van der Waals surface area contributed by atoms with E-state index in [0.29, 0.717) is 0 Å². The summed E-state index contributed by atoms with van der Waals surface area (Å²) in [5.74, 6) is 0. The van der Waals surface area contributed by atoms with Gasteiger partial charge in [-0.2, -0.15) is 0 Å². The molecule has 0 bridgehead atoms. The van der Waals surface area contributed by atoms with Crippen molar-refractivity contribution in [3.05, 3.63) is 60.7 Å². The van der Waals surface area contributed by atoms with Crippen molar-refractivity contribution in [2.75, 3.05) is 13.2 Å². The summed E-state index contributed by atoms with van der Waals surface area (Å²) in [5, 5.41) is 2.75. The average Bonchev–Trinajstić information content (AvgIpc) is 2.86. The number of rotatable bonds is 2. The Hall–Kier alpha value is -2.12. The molecule has 0 heterocycles. The van der Waals surface area contributed by atoms with Crippen molar-refractivity contribution in [2.45, 2.75) is 13.8 Å². The monoisotopic (exact) mass is 276 g/mol. The molecule has 3 aromatic carbocycles. The number of hydrogen-bond acceptors (Lipinski definition) is 1. The van der Waals surface area contributed by atoms with E-state index in [1.165, 1.54) is 33.0 Å². The van der Waals surface area contributed by atoms with Crippen LogP contribution in [0.3, 0.4) is 0 Å². The summed E-state index contributed by atoms with van der Waals surface area (Å²) >= 11 is 0. The van der Waals surface area contributed by atoms with E-state index in [0.717, 1.165) is 13.2 Å². The Morgan fingerprint density at radius 2 is 1.10 bits per heavy atom. The third-order valence-electron chi connectivity index (χ3n) is 3.82. The number of hydrogen-bond donors (Lipinski definition) is 0. The van der Waals surface area contributed by atoms with Gasteiger partial charge >= 0.3 is 0 Å². The Kier molecular flexibility index (Phi) is 4.03. The van der Waals surface area contributed by atoms with Crippen molar-refractivity contribution in [3.63, 3.8) is 0 Å². The summed E-state index contributed by atoms with van der Waals surface area (Å²) < 4.78 is 4.83. The van der Waals surface area contributed by atoms with Crippen LogP contribution >= 0.6 is 0 Å². The predicted octanol–water partition coefficient (Wildman–Crippen LogP) is 5.53. The first-order valence-electron chi connectivity index (χ1n) is 7.56. The summed E-state index contributed by atoms with van der Waals surface area (Å²) in [5.41, 5.74) is 5.50. The fraction of sp³-hybridized carbons (Fsp3) is 0.200. The molecule has 1 aliphatic carbocycles. The molecule has 21 heavy (non-hydrogen) atoms. The molecule has 0 atom stereocenters. The topological polar surface area (TPSA) is 9.23 Å². The number of benzene rings is 3. The van der Waals surface area contributed by atoms with Crippen molar-refractivity contribution in [1.82, 2.24) is 0 Å². The molecule has 4 rings (SSSR count). The number of ether oxygens (including phenoxy) is 1. The van der Waals surface area contributed by atoms with E-state index in [1.807, 2.05) is 13.8 Å². The van der Waals surface area contributed by atoms with Crippen molar-refractivity contribution >= 4 is 10.8 Å². The average molecular weight is 276 g/mol. The van der Waals surface area contributed by atoms with Crippen LogP contribution in [0.1, 0.15) is 13.8 Å². The highest BCUT2D eigenvalue weighted by atomic mass is 16.5. The van der Waals surface area contributed by atoms with Gasteiger partial charge in [0.15, 0.2) is 0 Å². The molecular formula is C20H20O. The Morgan fingerprint density at radius 1 is 0.619 bits per heavy atom. The van der Waals surface area contributed by atoms with Gasteiger partial charge in [-0.15, -0.1) is 0 Å². The largest absolute Gasteiger partial charge is 0.382 e. The van der Waals surface area contributed by atoms with Gasteiger partial charge < -0.3 is 4.74 Å². The molecule has 0 aliphatic heterocycles. The summed E-state index contributed by atoms with van der Waals surface area (Å²) in [7, 11) is 0. The lowest BCUT2D eigenvalue weighted by Crippen LogP contribution is -1.84. The minimum atomic E-state index is 0.844. The van der Waals surface area contributed by atoms with E-state index in [1.54, 1.807) is 0 Å². The molecule has 0 N–H and O–H groups in total. The second kappa shape index (κ2) is 6.11. The molecule has 0 spiro atoms. The van der Waals surface area contributed by atoms with Crippen LogP contribution in [0.15, 0.2) is 60.7 Å². The zero-order valence-electron chi connectivity index (χ0n) is 12.6. The van der Waals surface area contributed by atoms with E-state index >= 15 is 0 Å². The quantitative estimate of drug-likeness (QED) is 0.467. The van der Waals surface area contributed by atoms with Gasteiger partial charge in [0.1, 0.15) is 0 Å². The molecule has 1 heteroatoms. The summed E-state index contributed by atoms with van der Waals surface area (Å²) in [4.78, 5) is 0. The molecule has 1 nitrogen and oxygen atoms in total. The Bertz CT molecular complexity index is 699. The molecule has 0 amide bonds. The lowest BCUT2D eigenvalue weighted by atomic mass is 10.0. The fourth-order valence-electron chi connectivity index (χ4n) is 2.95. The summed E-state index contributed by atoms with van der Waals surface area (Å²) in [6.07, 6.45) is 0. The summed E-state index contributed by atoms with van der Waals surface area (Å²) in [6.45, 7) is 5.67. The molecule has 0 saturated carbocycles. The molecule has 0 fully saturated rings. The van der Waals surface area contributed by atoms with Crippen LogP contribution in [0.2, 0.25) is 0 Å². The molecule has 0 aromatic heterocycles. The van der Waals surface area contributed by atoms with E-state index in [9.17, 15) is 0 Å². The van der Waals surface area contributed by atoms with E-state index in [2.05, 4.69) is 60.7 Å². The predicted molar refractivity (Wildman–Crippen MR) is 90.5 cm³/mol. The highest BCUT2D eigenvalue weighted by molar-refractivity contribution is 6.15. The van der Waals surface area contributed by atoms with Crippen molar-refractivity contribution < 1.29 is 4.74 Å². The normalized spacial score (nSPS) is 11.0. The minimum absolute atomic E-state index is 0.844. The van der Waals surface area contributed by atoms with Crippen LogP contribution in [0.25, 0.3) is 33.0 Å². The molecule has 106 valence electrons. The van der Waals surface area contributed by atoms with Crippen molar-refractivity contribution in [1.29, 1.82) is 0 Å². The van der Waals surface area contributed by atoms with Crippen LogP contribution in [-0.2, 0) is 4.74 Å². The Balaban J connectivity index is 0.000000233. The van der Waals surface area contributed by atoms with Gasteiger partial charge in [-0.25, -0.2) is 0 Å². The lowest BCUT2D eigenvalue weighted by molar-refractivity contribution is 0.162. The molecule has 1 aliphatic rings. The second-order valence-corrected chi connectivity index (χ2v) is 5.04. The van der Waals surface area contributed by atoms with Gasteiger partial charge in [-0.1, -0.05) is 60.7 Å². The van der Waals surface area contributed by atoms with E-state index < -0.39 is 0 Å². The summed E-state index contributed by atoms with van der Waals surface area (Å²) in [6, 6.07) is 21.8. The van der Waals surface area contributed by atoms with Gasteiger partial charge in [-0.05, 0) is 46.9 Å². The van der Waals surface area contributed by atoms with Crippen LogP contribution in [-0.4, -0.2) is 13.2 Å².